The van der Waals surface area contributed by atoms with E-state index in [1.54, 1.807) is 0 Å². The molecule has 0 amide bonds. The highest BCUT2D eigenvalue weighted by atomic mass is 15.1. The Balaban J connectivity index is 1.89. The van der Waals surface area contributed by atoms with Crippen LogP contribution in [0.1, 0.15) is 12.0 Å². The number of nitrogens with zero attached hydrogens (tertiary/aromatic N) is 1. The summed E-state index contributed by atoms with van der Waals surface area (Å²) in [6, 6.07) is 15.0. The van der Waals surface area contributed by atoms with E-state index in [-0.39, 0.29) is 0 Å². The highest BCUT2D eigenvalue weighted by molar-refractivity contribution is 5.90. The zero-order chi connectivity index (χ0) is 13.1. The first-order valence-corrected chi connectivity index (χ1v) is 6.86. The zero-order valence-corrected chi connectivity index (χ0v) is 11.3. The maximum Gasteiger partial charge on any atom is 0.0165 e. The van der Waals surface area contributed by atoms with Crippen LogP contribution in [0.3, 0.4) is 0 Å². The van der Waals surface area contributed by atoms with Crippen LogP contribution in [0.15, 0.2) is 60.2 Å². The maximum atomic E-state index is 2.34. The number of hydrogen-bond donors (Lipinski definition) is 0. The van der Waals surface area contributed by atoms with Crippen molar-refractivity contribution >= 4 is 16.8 Å². The second-order valence-corrected chi connectivity index (χ2v) is 5.19. The molecule has 0 saturated heterocycles. The molecule has 0 fully saturated rings. The van der Waals surface area contributed by atoms with Gasteiger partial charge in [0, 0.05) is 13.1 Å². The lowest BCUT2D eigenvalue weighted by atomic mass is 10.0. The summed E-state index contributed by atoms with van der Waals surface area (Å²) in [5, 5.41) is 2.64. The van der Waals surface area contributed by atoms with E-state index in [4.69, 9.17) is 0 Å². The minimum atomic E-state index is 1.06. The van der Waals surface area contributed by atoms with Crippen LogP contribution in [0.5, 0.6) is 0 Å². The van der Waals surface area contributed by atoms with Crippen molar-refractivity contribution in [1.82, 2.24) is 4.90 Å². The molecule has 1 heterocycles. The Hall–Kier alpha value is -1.86. The fourth-order valence-electron chi connectivity index (χ4n) is 2.53. The topological polar surface area (TPSA) is 3.24 Å². The van der Waals surface area contributed by atoms with E-state index in [0.717, 1.165) is 19.5 Å². The number of fused-ring (bicyclic) bond motifs is 1. The molecule has 0 saturated carbocycles. The fraction of sp³-hybridized carbons (Fsp3) is 0.222. The number of rotatable bonds is 2. The Morgan fingerprint density at radius 1 is 1.00 bits per heavy atom. The minimum Gasteiger partial charge on any atom is -0.302 e. The van der Waals surface area contributed by atoms with Gasteiger partial charge in [-0.25, -0.2) is 0 Å². The Bertz CT molecular complexity index is 632. The van der Waals surface area contributed by atoms with Crippen LogP contribution in [0.25, 0.3) is 16.8 Å². The van der Waals surface area contributed by atoms with Crippen molar-refractivity contribution in [2.45, 2.75) is 6.42 Å². The molecule has 19 heavy (non-hydrogen) atoms. The molecule has 0 unspecified atom stereocenters. The van der Waals surface area contributed by atoms with Crippen LogP contribution in [-0.2, 0) is 0 Å². The molecule has 96 valence electrons. The molecule has 0 aliphatic carbocycles. The number of hydrogen-bond acceptors (Lipinski definition) is 1. The molecule has 0 radical (unpaired) electrons. The normalized spacial score (nSPS) is 17.0. The minimum absolute atomic E-state index is 1.06. The lowest BCUT2D eigenvalue weighted by Crippen LogP contribution is -2.23. The van der Waals surface area contributed by atoms with Gasteiger partial charge < -0.3 is 4.90 Å². The van der Waals surface area contributed by atoms with E-state index in [2.05, 4.69) is 72.6 Å². The average Bonchev–Trinajstić information content (AvgIpc) is 2.47. The summed E-state index contributed by atoms with van der Waals surface area (Å²) in [4.78, 5) is 2.34. The largest absolute Gasteiger partial charge is 0.302 e. The molecule has 1 nitrogen and oxygen atoms in total. The average molecular weight is 249 g/mol. The van der Waals surface area contributed by atoms with E-state index in [1.807, 2.05) is 0 Å². The highest BCUT2D eigenvalue weighted by Crippen LogP contribution is 2.21. The summed E-state index contributed by atoms with van der Waals surface area (Å²) in [5.41, 5.74) is 2.75. The molecule has 2 aromatic rings. The third-order valence-corrected chi connectivity index (χ3v) is 3.75. The summed E-state index contributed by atoms with van der Waals surface area (Å²) in [6.45, 7) is 2.22. The second kappa shape index (κ2) is 5.41. The van der Waals surface area contributed by atoms with Crippen LogP contribution < -0.4 is 0 Å². The van der Waals surface area contributed by atoms with Crippen LogP contribution in [0.2, 0.25) is 0 Å². The van der Waals surface area contributed by atoms with Gasteiger partial charge in [-0.15, -0.1) is 0 Å². The van der Waals surface area contributed by atoms with E-state index >= 15 is 0 Å². The van der Waals surface area contributed by atoms with Gasteiger partial charge in [-0.2, -0.15) is 0 Å². The summed E-state index contributed by atoms with van der Waals surface area (Å²) < 4.78 is 0. The third kappa shape index (κ3) is 2.77. The molecule has 0 aromatic heterocycles. The van der Waals surface area contributed by atoms with Crippen molar-refractivity contribution in [3.05, 3.63) is 65.8 Å². The molecule has 0 spiro atoms. The van der Waals surface area contributed by atoms with Crippen molar-refractivity contribution < 1.29 is 0 Å². The molecule has 0 N–H and O–H groups in total. The zero-order valence-electron chi connectivity index (χ0n) is 11.3. The van der Waals surface area contributed by atoms with Gasteiger partial charge in [0.15, 0.2) is 0 Å². The lowest BCUT2D eigenvalue weighted by molar-refractivity contribution is 0.361. The molecule has 1 aliphatic heterocycles. The smallest absolute Gasteiger partial charge is 0.0165 e. The standard InChI is InChI=1S/C18H19N/c1-19-13-11-15(12-14-19)9-10-17-7-4-6-16-5-2-3-8-18(16)17/h2-11H,12-14H2,1H3. The predicted octanol–water partition coefficient (Wildman–Crippen LogP) is 4.11. The van der Waals surface area contributed by atoms with Crippen LogP contribution in [-0.4, -0.2) is 25.0 Å². The molecular formula is C18H19N. The number of likely N-dealkylation sites (N-methyl/N-ethyl adjacent to an activating group) is 1. The Morgan fingerprint density at radius 3 is 2.68 bits per heavy atom. The first kappa shape index (κ1) is 12.2. The maximum absolute atomic E-state index is 2.34. The quantitative estimate of drug-likeness (QED) is 0.774. The molecule has 0 bridgehead atoms. The number of allylic oxidation sites excluding steroid dienone is 1. The van der Waals surface area contributed by atoms with Gasteiger partial charge in [-0.3, -0.25) is 0 Å². The van der Waals surface area contributed by atoms with Crippen molar-refractivity contribution in [3.63, 3.8) is 0 Å². The van der Waals surface area contributed by atoms with Gasteiger partial charge in [0.25, 0.3) is 0 Å². The number of benzene rings is 2. The third-order valence-electron chi connectivity index (χ3n) is 3.75. The fourth-order valence-corrected chi connectivity index (χ4v) is 2.53. The molecule has 3 rings (SSSR count). The van der Waals surface area contributed by atoms with E-state index < -0.39 is 0 Å². The van der Waals surface area contributed by atoms with Crippen molar-refractivity contribution in [2.75, 3.05) is 20.1 Å². The summed E-state index contributed by atoms with van der Waals surface area (Å²) in [5.74, 6) is 0. The first-order valence-electron chi connectivity index (χ1n) is 6.86. The van der Waals surface area contributed by atoms with Gasteiger partial charge in [0.2, 0.25) is 0 Å². The van der Waals surface area contributed by atoms with Crippen LogP contribution >= 0.6 is 0 Å². The van der Waals surface area contributed by atoms with E-state index in [0.29, 0.717) is 0 Å². The highest BCUT2D eigenvalue weighted by Gasteiger charge is 2.04. The van der Waals surface area contributed by atoms with Gasteiger partial charge >= 0.3 is 0 Å². The molecular weight excluding hydrogens is 230 g/mol. The molecule has 0 atom stereocenters. The van der Waals surface area contributed by atoms with Crippen molar-refractivity contribution in [1.29, 1.82) is 0 Å². The SMILES string of the molecule is CN1CC=C(C=Cc2cccc3ccccc23)CC1. The van der Waals surface area contributed by atoms with E-state index in [9.17, 15) is 0 Å². The summed E-state index contributed by atoms with van der Waals surface area (Å²) in [7, 11) is 2.17. The van der Waals surface area contributed by atoms with Crippen LogP contribution in [0, 0.1) is 0 Å². The van der Waals surface area contributed by atoms with Gasteiger partial charge in [0.05, 0.1) is 0 Å². The molecule has 2 aromatic carbocycles. The Kier molecular flexibility index (Phi) is 3.47. The van der Waals surface area contributed by atoms with E-state index in [1.165, 1.54) is 21.9 Å². The van der Waals surface area contributed by atoms with Gasteiger partial charge in [-0.1, -0.05) is 60.7 Å². The molecule has 1 heteroatoms. The summed E-state index contributed by atoms with van der Waals surface area (Å²) >= 11 is 0. The Morgan fingerprint density at radius 2 is 1.84 bits per heavy atom. The van der Waals surface area contributed by atoms with Crippen molar-refractivity contribution in [2.24, 2.45) is 0 Å². The monoisotopic (exact) mass is 249 g/mol. The van der Waals surface area contributed by atoms with Gasteiger partial charge in [-0.05, 0) is 35.4 Å². The molecule has 1 aliphatic rings. The van der Waals surface area contributed by atoms with Crippen LogP contribution in [0.4, 0.5) is 0 Å². The first-order chi connectivity index (χ1) is 9.33. The lowest BCUT2D eigenvalue weighted by Gasteiger charge is -2.20. The second-order valence-electron chi connectivity index (χ2n) is 5.19. The summed E-state index contributed by atoms with van der Waals surface area (Å²) in [6.07, 6.45) is 8.00. The van der Waals surface area contributed by atoms with Gasteiger partial charge in [0.1, 0.15) is 0 Å². The predicted molar refractivity (Wildman–Crippen MR) is 83.2 cm³/mol. The Labute approximate surface area is 114 Å². The van der Waals surface area contributed by atoms with Crippen molar-refractivity contribution in [3.8, 4) is 0 Å².